The Hall–Kier alpha value is -2.21. The van der Waals surface area contributed by atoms with E-state index in [1.54, 1.807) is 27.9 Å². The van der Waals surface area contributed by atoms with Gasteiger partial charge < -0.3 is 20.0 Å². The molecule has 0 unspecified atom stereocenters. The second kappa shape index (κ2) is 12.0. The van der Waals surface area contributed by atoms with Crippen LogP contribution in [0.15, 0.2) is 41.7 Å². The summed E-state index contributed by atoms with van der Waals surface area (Å²) in [5, 5.41) is 7.44. The van der Waals surface area contributed by atoms with E-state index in [4.69, 9.17) is 4.99 Å². The van der Waals surface area contributed by atoms with Gasteiger partial charge >= 0.3 is 0 Å². The molecule has 10 heteroatoms. The minimum absolute atomic E-state index is 0. The van der Waals surface area contributed by atoms with Crippen molar-refractivity contribution in [3.8, 4) is 0 Å². The highest BCUT2D eigenvalue weighted by Gasteiger charge is 2.27. The molecule has 1 aliphatic heterocycles. The summed E-state index contributed by atoms with van der Waals surface area (Å²) in [5.74, 6) is 0.569. The van der Waals surface area contributed by atoms with E-state index < -0.39 is 0 Å². The van der Waals surface area contributed by atoms with E-state index in [-0.39, 0.29) is 42.2 Å². The molecule has 0 aliphatic carbocycles. The number of carbonyl (C=O) groups is 1. The Labute approximate surface area is 200 Å². The topological polar surface area (TPSA) is 69.0 Å². The molecule has 1 fully saturated rings. The third-order valence-electron chi connectivity index (χ3n) is 4.97. The van der Waals surface area contributed by atoms with Crippen LogP contribution in [0.4, 0.5) is 10.1 Å². The molecular weight excluding hydrogens is 512 g/mol. The fraction of sp³-hybridized carbons (Fsp3) is 0.476. The molecule has 1 amide bonds. The smallest absolute Gasteiger partial charge is 0.246 e. The molecular formula is C21H31FIN7O. The number of anilines is 1. The number of rotatable bonds is 7. The van der Waals surface area contributed by atoms with Gasteiger partial charge in [0.15, 0.2) is 5.96 Å². The van der Waals surface area contributed by atoms with Crippen LogP contribution in [0.2, 0.25) is 0 Å². The lowest BCUT2D eigenvalue weighted by molar-refractivity contribution is -0.120. The maximum absolute atomic E-state index is 13.0. The van der Waals surface area contributed by atoms with E-state index in [1.807, 2.05) is 32.1 Å². The Kier molecular flexibility index (Phi) is 9.69. The van der Waals surface area contributed by atoms with Gasteiger partial charge in [0, 0.05) is 46.0 Å². The van der Waals surface area contributed by atoms with Crippen LogP contribution in [0.25, 0.3) is 0 Å². The molecule has 1 N–H and O–H groups in total. The summed E-state index contributed by atoms with van der Waals surface area (Å²) in [6, 6.07) is 6.55. The first kappa shape index (κ1) is 25.1. The number of aryl methyl sites for hydroxylation is 1. The monoisotopic (exact) mass is 543 g/mol. The van der Waals surface area contributed by atoms with Crippen LogP contribution in [0.5, 0.6) is 0 Å². The normalized spacial score (nSPS) is 14.7. The Morgan fingerprint density at radius 3 is 2.65 bits per heavy atom. The molecule has 2 heterocycles. The number of nitrogens with one attached hydrogen (secondary N) is 1. The van der Waals surface area contributed by atoms with Gasteiger partial charge in [-0.25, -0.2) is 4.39 Å². The van der Waals surface area contributed by atoms with E-state index in [0.717, 1.165) is 36.8 Å². The lowest BCUT2D eigenvalue weighted by Gasteiger charge is -2.35. The second-order valence-electron chi connectivity index (χ2n) is 7.44. The van der Waals surface area contributed by atoms with Gasteiger partial charge in [0.2, 0.25) is 5.91 Å². The second-order valence-corrected chi connectivity index (χ2v) is 7.44. The van der Waals surface area contributed by atoms with Crippen LogP contribution in [0.1, 0.15) is 12.5 Å². The van der Waals surface area contributed by atoms with Crippen molar-refractivity contribution >= 4 is 41.5 Å². The molecule has 8 nitrogen and oxygen atoms in total. The van der Waals surface area contributed by atoms with Crippen molar-refractivity contribution in [3.63, 3.8) is 0 Å². The molecule has 31 heavy (non-hydrogen) atoms. The quantitative estimate of drug-likeness (QED) is 0.329. The molecule has 0 radical (unpaired) electrons. The first-order chi connectivity index (χ1) is 14.5. The molecule has 1 aromatic heterocycles. The van der Waals surface area contributed by atoms with Gasteiger partial charge in [-0.15, -0.1) is 24.0 Å². The van der Waals surface area contributed by atoms with Crippen LogP contribution < -0.4 is 10.2 Å². The first-order valence-electron chi connectivity index (χ1n) is 10.2. The molecule has 0 spiro atoms. The summed E-state index contributed by atoms with van der Waals surface area (Å²) in [6.07, 6.45) is 3.56. The number of hydrogen-bond donors (Lipinski definition) is 1. The zero-order chi connectivity index (χ0) is 21.5. The Balaban J connectivity index is 0.00000341. The zero-order valence-corrected chi connectivity index (χ0v) is 20.6. The van der Waals surface area contributed by atoms with Gasteiger partial charge in [0.05, 0.1) is 18.4 Å². The highest BCUT2D eigenvalue weighted by molar-refractivity contribution is 14.0. The maximum atomic E-state index is 13.0. The standard InChI is InChI=1S/C21H30FN7O.HI/c1-4-23-21(24-9-10-26(2)14-17-5-7-18(22)8-6-17)28-11-12-29(20(30)16-28)19-13-25-27(3)15-19;/h5-8,13,15H,4,9-12,14,16H2,1-3H3,(H,23,24);1H. The van der Waals surface area contributed by atoms with E-state index >= 15 is 0 Å². The number of amides is 1. The number of halogens is 2. The average molecular weight is 543 g/mol. The van der Waals surface area contributed by atoms with E-state index in [0.29, 0.717) is 19.6 Å². The molecule has 1 aromatic carbocycles. The van der Waals surface area contributed by atoms with Gasteiger partial charge in [-0.2, -0.15) is 5.10 Å². The third kappa shape index (κ3) is 7.17. The number of piperazine rings is 1. The minimum atomic E-state index is -0.223. The minimum Gasteiger partial charge on any atom is -0.357 e. The number of nitrogens with zero attached hydrogens (tertiary/aromatic N) is 6. The van der Waals surface area contributed by atoms with Gasteiger partial charge in [-0.3, -0.25) is 14.5 Å². The van der Waals surface area contributed by atoms with Crippen LogP contribution in [0.3, 0.4) is 0 Å². The molecule has 3 rings (SSSR count). The lowest BCUT2D eigenvalue weighted by atomic mass is 10.2. The zero-order valence-electron chi connectivity index (χ0n) is 18.3. The van der Waals surface area contributed by atoms with E-state index in [2.05, 4.69) is 15.3 Å². The summed E-state index contributed by atoms with van der Waals surface area (Å²) >= 11 is 0. The van der Waals surface area contributed by atoms with Crippen LogP contribution >= 0.6 is 24.0 Å². The van der Waals surface area contributed by atoms with Crippen molar-refractivity contribution in [2.24, 2.45) is 12.0 Å². The fourth-order valence-corrected chi connectivity index (χ4v) is 3.41. The summed E-state index contributed by atoms with van der Waals surface area (Å²) in [6.45, 7) is 6.44. The number of aromatic nitrogens is 2. The predicted octanol–water partition coefficient (Wildman–Crippen LogP) is 1.92. The Bertz CT molecular complexity index is 871. The molecule has 1 aliphatic rings. The summed E-state index contributed by atoms with van der Waals surface area (Å²) in [5.41, 5.74) is 1.89. The first-order valence-corrected chi connectivity index (χ1v) is 10.2. The number of benzene rings is 1. The van der Waals surface area contributed by atoms with Gasteiger partial charge in [-0.05, 0) is 31.7 Å². The third-order valence-corrected chi connectivity index (χ3v) is 4.97. The molecule has 2 aromatic rings. The molecule has 170 valence electrons. The summed E-state index contributed by atoms with van der Waals surface area (Å²) < 4.78 is 14.7. The van der Waals surface area contributed by atoms with Gasteiger partial charge in [0.25, 0.3) is 0 Å². The van der Waals surface area contributed by atoms with Crippen molar-refractivity contribution in [2.75, 3.05) is 51.2 Å². The van der Waals surface area contributed by atoms with Gasteiger partial charge in [-0.1, -0.05) is 12.1 Å². The van der Waals surface area contributed by atoms with E-state index in [1.165, 1.54) is 12.1 Å². The van der Waals surface area contributed by atoms with Crippen molar-refractivity contribution in [2.45, 2.75) is 13.5 Å². The number of guanidine groups is 1. The highest BCUT2D eigenvalue weighted by Crippen LogP contribution is 2.16. The number of aliphatic imine (C=N–C) groups is 1. The SMILES string of the molecule is CCNC(=NCCN(C)Cc1ccc(F)cc1)N1CCN(c2cnn(C)c2)C(=O)C1.I. The lowest BCUT2D eigenvalue weighted by Crippen LogP contribution is -2.55. The maximum Gasteiger partial charge on any atom is 0.246 e. The van der Waals surface area contributed by atoms with Crippen molar-refractivity contribution < 1.29 is 9.18 Å². The van der Waals surface area contributed by atoms with Crippen LogP contribution in [-0.2, 0) is 18.4 Å². The average Bonchev–Trinajstić information content (AvgIpc) is 3.15. The summed E-state index contributed by atoms with van der Waals surface area (Å²) in [7, 11) is 3.86. The Morgan fingerprint density at radius 1 is 1.29 bits per heavy atom. The van der Waals surface area contributed by atoms with Crippen molar-refractivity contribution in [3.05, 3.63) is 48.0 Å². The largest absolute Gasteiger partial charge is 0.357 e. The number of likely N-dealkylation sites (N-methyl/N-ethyl adjacent to an activating group) is 1. The van der Waals surface area contributed by atoms with Crippen LogP contribution in [-0.4, -0.2) is 77.8 Å². The Morgan fingerprint density at radius 2 is 2.03 bits per heavy atom. The molecule has 0 saturated carbocycles. The van der Waals surface area contributed by atoms with Crippen molar-refractivity contribution in [1.29, 1.82) is 0 Å². The molecule has 1 saturated heterocycles. The van der Waals surface area contributed by atoms with Crippen molar-refractivity contribution in [1.82, 2.24) is 24.9 Å². The van der Waals surface area contributed by atoms with Gasteiger partial charge in [0.1, 0.15) is 12.4 Å². The molecule has 0 bridgehead atoms. The van der Waals surface area contributed by atoms with Crippen LogP contribution in [0, 0.1) is 5.82 Å². The number of carbonyl (C=O) groups excluding carboxylic acids is 1. The number of hydrogen-bond acceptors (Lipinski definition) is 4. The fourth-order valence-electron chi connectivity index (χ4n) is 3.41. The summed E-state index contributed by atoms with van der Waals surface area (Å²) in [4.78, 5) is 23.3. The van der Waals surface area contributed by atoms with E-state index in [9.17, 15) is 9.18 Å². The highest BCUT2D eigenvalue weighted by atomic mass is 127. The molecule has 0 atom stereocenters. The predicted molar refractivity (Wildman–Crippen MR) is 131 cm³/mol.